The number of nitrogens with zero attached hydrogens (tertiary/aromatic N) is 3. The fraction of sp³-hybridized carbons (Fsp3) is 0.250. The summed E-state index contributed by atoms with van der Waals surface area (Å²) in [6, 6.07) is 33.9. The van der Waals surface area contributed by atoms with E-state index in [4.69, 9.17) is 14.9 Å². The van der Waals surface area contributed by atoms with Gasteiger partial charge >= 0.3 is 131 Å². The van der Waals surface area contributed by atoms with Crippen LogP contribution in [0.2, 0.25) is 17.3 Å². The number of hydrogen-bond acceptors (Lipinski definition) is 3. The van der Waals surface area contributed by atoms with Gasteiger partial charge in [0.1, 0.15) is 5.58 Å². The number of rotatable bonds is 5. The summed E-state index contributed by atoms with van der Waals surface area (Å²) in [6.07, 6.45) is 1.91. The van der Waals surface area contributed by atoms with E-state index < -0.39 is 26.0 Å². The molecule has 1 radical (unpaired) electrons. The molecule has 0 aliphatic carbocycles. The maximum atomic E-state index is 8.49. The summed E-state index contributed by atoms with van der Waals surface area (Å²) in [6.45, 7) is 6.02. The van der Waals surface area contributed by atoms with Gasteiger partial charge in [-0.25, -0.2) is 0 Å². The molecule has 0 unspecified atom stereocenters. The molecule has 46 heavy (non-hydrogen) atoms. The van der Waals surface area contributed by atoms with Gasteiger partial charge in [-0.3, -0.25) is 4.98 Å². The number of pyridine rings is 1. The predicted molar refractivity (Wildman–Crippen MR) is 192 cm³/mol. The number of para-hydroxylation sites is 3. The number of aryl methyl sites for hydroxylation is 1. The van der Waals surface area contributed by atoms with Gasteiger partial charge in [0, 0.05) is 31.5 Å². The smallest absolute Gasteiger partial charge is 0 e. The molecule has 3 aromatic heterocycles. The van der Waals surface area contributed by atoms with Crippen LogP contribution in [0.4, 0.5) is 0 Å². The second-order valence-corrected chi connectivity index (χ2v) is 23.5. The zero-order chi connectivity index (χ0) is 35.3. The minimum Gasteiger partial charge on any atom is 0 e. The topological polar surface area (TPSA) is 43.9 Å². The van der Waals surface area contributed by atoms with E-state index in [0.29, 0.717) is 0 Å². The molecule has 0 saturated carbocycles. The first-order valence-corrected chi connectivity index (χ1v) is 22.7. The second-order valence-electron chi connectivity index (χ2n) is 12.9. The Kier molecular flexibility index (Phi) is 8.54. The minimum atomic E-state index is -2.14. The Labute approximate surface area is 294 Å². The third-order valence-electron chi connectivity index (χ3n) is 8.01. The number of benzene rings is 4. The summed E-state index contributed by atoms with van der Waals surface area (Å²) in [5.74, 6) is 7.08. The van der Waals surface area contributed by atoms with E-state index in [1.165, 1.54) is 10.5 Å². The van der Waals surface area contributed by atoms with Gasteiger partial charge in [0.2, 0.25) is 0 Å². The van der Waals surface area contributed by atoms with E-state index in [9.17, 15) is 0 Å². The van der Waals surface area contributed by atoms with E-state index >= 15 is 0 Å². The fourth-order valence-corrected chi connectivity index (χ4v) is 9.12. The van der Waals surface area contributed by atoms with Crippen molar-refractivity contribution in [1.82, 2.24) is 14.5 Å². The molecule has 0 atom stereocenters. The zero-order valence-electron chi connectivity index (χ0n) is 31.3. The molecule has 0 fully saturated rings. The van der Waals surface area contributed by atoms with Crippen molar-refractivity contribution in [3.63, 3.8) is 0 Å². The van der Waals surface area contributed by atoms with Crippen LogP contribution in [-0.2, 0) is 20.1 Å². The molecule has 4 aromatic carbocycles. The number of aromatic nitrogens is 3. The second kappa shape index (κ2) is 13.7. The fourth-order valence-electron chi connectivity index (χ4n) is 5.80. The first kappa shape index (κ1) is 28.7. The summed E-state index contributed by atoms with van der Waals surface area (Å²) < 4.78 is 40.5. The van der Waals surface area contributed by atoms with Crippen molar-refractivity contribution in [2.24, 2.45) is 0 Å². The van der Waals surface area contributed by atoms with E-state index in [2.05, 4.69) is 83.1 Å². The molecule has 3 heterocycles. The quantitative estimate of drug-likeness (QED) is 0.128. The maximum absolute atomic E-state index is 8.49. The Bertz CT molecular complexity index is 2280. The van der Waals surface area contributed by atoms with Crippen LogP contribution in [-0.4, -0.2) is 27.8 Å². The number of fused-ring (bicyclic) bond motifs is 4. The van der Waals surface area contributed by atoms with Crippen molar-refractivity contribution in [1.29, 1.82) is 0 Å². The van der Waals surface area contributed by atoms with Crippen LogP contribution in [0.25, 0.3) is 55.6 Å². The van der Waals surface area contributed by atoms with E-state index in [1.807, 2.05) is 56.4 Å². The number of imidazole rings is 1. The van der Waals surface area contributed by atoms with Crippen molar-refractivity contribution < 1.29 is 30.0 Å². The third-order valence-corrected chi connectivity index (χ3v) is 12.2. The van der Waals surface area contributed by atoms with E-state index in [1.54, 1.807) is 12.1 Å². The molecule has 0 aliphatic heterocycles. The maximum Gasteiger partial charge on any atom is 0 e. The monoisotopic (exact) mass is 850 g/mol. The summed E-state index contributed by atoms with van der Waals surface area (Å²) in [5, 5.41) is 2.23. The zero-order valence-corrected chi connectivity index (χ0v) is 31.8. The normalized spacial score (nSPS) is 13.5. The van der Waals surface area contributed by atoms with Crippen molar-refractivity contribution in [2.75, 3.05) is 0 Å². The van der Waals surface area contributed by atoms with Gasteiger partial charge in [0.05, 0.1) is 22.4 Å². The molecule has 0 bridgehead atoms. The van der Waals surface area contributed by atoms with Crippen molar-refractivity contribution in [3.05, 3.63) is 114 Å². The standard InChI is InChI=1S/C22H17N2O.C18H24GeN.Ir/c1-14(2)24-19-12-5-4-11-18(19)23-22(24)17-10-7-9-16-15-8-3-6-13-20(15)25-21(16)17;1-13(2)16-11-18(15-9-7-14(3)8-10-15)20-12-17(16)19(4,5)6;/h3-9,11-14H,1-2H3;7-9,11-13H,1-6H3;/q2*-1;/i;3D3,13D;. The predicted octanol–water partition coefficient (Wildman–Crippen LogP) is 10.5. The van der Waals surface area contributed by atoms with Crippen LogP contribution in [0, 0.1) is 19.0 Å². The van der Waals surface area contributed by atoms with Gasteiger partial charge in [-0.1, -0.05) is 41.3 Å². The molecular weight excluding hydrogens is 803 g/mol. The van der Waals surface area contributed by atoms with Crippen molar-refractivity contribution in [3.8, 4) is 22.6 Å². The molecule has 0 aliphatic rings. The Morgan fingerprint density at radius 1 is 0.913 bits per heavy atom. The molecule has 4 nitrogen and oxygen atoms in total. The molecule has 0 saturated heterocycles. The minimum absolute atomic E-state index is 0. The molecule has 237 valence electrons. The third kappa shape index (κ3) is 6.64. The van der Waals surface area contributed by atoms with Gasteiger partial charge < -0.3 is 8.98 Å². The van der Waals surface area contributed by atoms with Crippen LogP contribution in [0.5, 0.6) is 0 Å². The Balaban J connectivity index is 0.000000191. The van der Waals surface area contributed by atoms with Crippen LogP contribution in [0.3, 0.4) is 0 Å². The van der Waals surface area contributed by atoms with Crippen LogP contribution in [0.1, 0.15) is 56.2 Å². The molecule has 0 N–H and O–H groups in total. The SMILES string of the molecule is CC(C)n1c(-c2[c-]ccc3c2oc2ccccc23)nc2ccccc21.[2H]C([2H])([2H])c1c[c-]c(-c2cc(C([2H])(C)C)[c]([Ge]([CH3])([CH3])[CH3])cn2)cc1.[Ir]. The summed E-state index contributed by atoms with van der Waals surface area (Å²) in [4.78, 5) is 9.47. The summed E-state index contributed by atoms with van der Waals surface area (Å²) in [7, 11) is 0. The average Bonchev–Trinajstić information content (AvgIpc) is 3.63. The molecule has 7 aromatic rings. The molecule has 0 amide bonds. The van der Waals surface area contributed by atoms with E-state index in [0.717, 1.165) is 61.2 Å². The summed E-state index contributed by atoms with van der Waals surface area (Å²) >= 11 is -2.14. The molecular formula is C40H41GeIrN3O-2. The number of hydrogen-bond donors (Lipinski definition) is 0. The van der Waals surface area contributed by atoms with Gasteiger partial charge in [0.25, 0.3) is 0 Å². The molecule has 7 rings (SSSR count). The van der Waals surface area contributed by atoms with E-state index in [-0.39, 0.29) is 31.7 Å². The molecule has 6 heteroatoms. The Morgan fingerprint density at radius 2 is 1.67 bits per heavy atom. The van der Waals surface area contributed by atoms with Crippen molar-refractivity contribution in [2.45, 2.75) is 63.8 Å². The first-order valence-electron chi connectivity index (χ1n) is 17.4. The molecule has 0 spiro atoms. The van der Waals surface area contributed by atoms with Gasteiger partial charge in [-0.2, -0.15) is 0 Å². The average molecular weight is 849 g/mol. The van der Waals surface area contributed by atoms with Crippen LogP contribution in [0.15, 0.2) is 95.5 Å². The van der Waals surface area contributed by atoms with Crippen LogP contribution >= 0.6 is 0 Å². The Hall–Kier alpha value is -3.51. The first-order chi connectivity index (χ1) is 23.0. The largest absolute Gasteiger partial charge is 0 e. The van der Waals surface area contributed by atoms with Gasteiger partial charge in [0.15, 0.2) is 0 Å². The summed E-state index contributed by atoms with van der Waals surface area (Å²) in [5.41, 5.74) is 7.55. The Morgan fingerprint density at radius 3 is 2.37 bits per heavy atom. The van der Waals surface area contributed by atoms with Crippen molar-refractivity contribution >= 4 is 50.6 Å². The van der Waals surface area contributed by atoms with Gasteiger partial charge in [-0.05, 0) is 32.0 Å². The number of furan rings is 1. The van der Waals surface area contributed by atoms with Crippen LogP contribution < -0.4 is 4.40 Å². The van der Waals surface area contributed by atoms with Gasteiger partial charge in [-0.15, -0.1) is 18.2 Å².